The number of rotatable bonds is 5. The molecule has 1 aromatic rings. The zero-order valence-corrected chi connectivity index (χ0v) is 9.33. The number of carboxylic acid groups (broad SMARTS) is 1. The lowest BCUT2D eigenvalue weighted by molar-refractivity contribution is -0.137. The smallest absolute Gasteiger partial charge is 0.321 e. The highest BCUT2D eigenvalue weighted by molar-refractivity contribution is 7.98. The SMILES string of the molecule is N[C@H](CSCc1cnc(Cl)cn1)C(=O)O. The zero-order chi connectivity index (χ0) is 11.3. The molecule has 0 fully saturated rings. The Bertz CT molecular complexity index is 333. The Kier molecular flexibility index (Phi) is 4.80. The molecular formula is C8H10ClN3O2S. The van der Waals surface area contributed by atoms with Gasteiger partial charge >= 0.3 is 5.97 Å². The van der Waals surface area contributed by atoms with Crippen molar-refractivity contribution in [2.75, 3.05) is 5.75 Å². The van der Waals surface area contributed by atoms with Crippen LogP contribution in [0.2, 0.25) is 5.15 Å². The summed E-state index contributed by atoms with van der Waals surface area (Å²) >= 11 is 6.96. The van der Waals surface area contributed by atoms with E-state index in [4.69, 9.17) is 22.4 Å². The zero-order valence-electron chi connectivity index (χ0n) is 7.76. The molecule has 0 spiro atoms. The lowest BCUT2D eigenvalue weighted by Gasteiger charge is -2.05. The monoisotopic (exact) mass is 247 g/mol. The Labute approximate surface area is 96.1 Å². The highest BCUT2D eigenvalue weighted by Crippen LogP contribution is 2.11. The topological polar surface area (TPSA) is 89.1 Å². The molecule has 1 atom stereocenters. The number of hydrogen-bond acceptors (Lipinski definition) is 5. The highest BCUT2D eigenvalue weighted by atomic mass is 35.5. The minimum Gasteiger partial charge on any atom is -0.480 e. The van der Waals surface area contributed by atoms with Gasteiger partial charge in [0.1, 0.15) is 11.2 Å². The Balaban J connectivity index is 2.32. The number of carbonyl (C=O) groups is 1. The summed E-state index contributed by atoms with van der Waals surface area (Å²) in [7, 11) is 0. The van der Waals surface area contributed by atoms with E-state index >= 15 is 0 Å². The first kappa shape index (κ1) is 12.2. The second-order valence-corrected chi connectivity index (χ2v) is 4.21. The van der Waals surface area contributed by atoms with E-state index in [9.17, 15) is 4.79 Å². The third-order valence-electron chi connectivity index (χ3n) is 1.54. The quantitative estimate of drug-likeness (QED) is 0.799. The molecule has 0 aliphatic carbocycles. The molecule has 82 valence electrons. The van der Waals surface area contributed by atoms with Gasteiger partial charge in [-0.15, -0.1) is 0 Å². The van der Waals surface area contributed by atoms with Crippen molar-refractivity contribution in [3.8, 4) is 0 Å². The lowest BCUT2D eigenvalue weighted by atomic mass is 10.4. The van der Waals surface area contributed by atoms with Crippen molar-refractivity contribution < 1.29 is 9.90 Å². The third kappa shape index (κ3) is 4.46. The van der Waals surface area contributed by atoms with Gasteiger partial charge in [0.05, 0.1) is 18.1 Å². The van der Waals surface area contributed by atoms with Crippen LogP contribution in [0.3, 0.4) is 0 Å². The maximum Gasteiger partial charge on any atom is 0.321 e. The van der Waals surface area contributed by atoms with Gasteiger partial charge in [-0.25, -0.2) is 4.98 Å². The third-order valence-corrected chi connectivity index (χ3v) is 2.83. The van der Waals surface area contributed by atoms with Gasteiger partial charge in [0.15, 0.2) is 0 Å². The molecule has 0 aromatic carbocycles. The summed E-state index contributed by atoms with van der Waals surface area (Å²) in [5, 5.41) is 8.87. The average Bonchev–Trinajstić information content (AvgIpc) is 2.20. The molecule has 1 aromatic heterocycles. The van der Waals surface area contributed by atoms with E-state index in [1.54, 1.807) is 6.20 Å². The van der Waals surface area contributed by atoms with Gasteiger partial charge in [0.2, 0.25) is 0 Å². The van der Waals surface area contributed by atoms with Crippen LogP contribution in [-0.2, 0) is 10.5 Å². The molecule has 0 unspecified atom stereocenters. The summed E-state index contributed by atoms with van der Waals surface area (Å²) in [6.07, 6.45) is 3.01. The minimum absolute atomic E-state index is 0.339. The summed E-state index contributed by atoms with van der Waals surface area (Å²) < 4.78 is 0. The maximum atomic E-state index is 10.4. The number of aromatic nitrogens is 2. The summed E-state index contributed by atoms with van der Waals surface area (Å²) in [6.45, 7) is 0. The molecule has 0 aliphatic heterocycles. The number of nitrogens with two attached hydrogens (primary N) is 1. The van der Waals surface area contributed by atoms with Crippen molar-refractivity contribution in [2.24, 2.45) is 5.73 Å². The number of thioether (sulfide) groups is 1. The predicted octanol–water partition coefficient (Wildman–Crippen LogP) is 0.775. The van der Waals surface area contributed by atoms with Gasteiger partial charge in [0.25, 0.3) is 0 Å². The normalized spacial score (nSPS) is 12.4. The maximum absolute atomic E-state index is 10.4. The van der Waals surface area contributed by atoms with E-state index < -0.39 is 12.0 Å². The van der Waals surface area contributed by atoms with Gasteiger partial charge in [0, 0.05) is 11.5 Å². The molecule has 0 saturated carbocycles. The van der Waals surface area contributed by atoms with Crippen molar-refractivity contribution in [3.63, 3.8) is 0 Å². The Hall–Kier alpha value is -0.850. The number of halogens is 1. The summed E-state index contributed by atoms with van der Waals surface area (Å²) in [6, 6.07) is -0.838. The van der Waals surface area contributed by atoms with Crippen LogP contribution < -0.4 is 5.73 Å². The first-order valence-electron chi connectivity index (χ1n) is 4.12. The molecule has 0 aliphatic rings. The fourth-order valence-corrected chi connectivity index (χ4v) is 1.75. The van der Waals surface area contributed by atoms with Crippen LogP contribution in [0.5, 0.6) is 0 Å². The van der Waals surface area contributed by atoms with Crippen molar-refractivity contribution in [3.05, 3.63) is 23.2 Å². The molecule has 1 rings (SSSR count). The summed E-state index contributed by atoms with van der Waals surface area (Å²) in [5.41, 5.74) is 6.08. The fourth-order valence-electron chi connectivity index (χ4n) is 0.775. The lowest BCUT2D eigenvalue weighted by Crippen LogP contribution is -2.32. The van der Waals surface area contributed by atoms with Crippen LogP contribution in [-0.4, -0.2) is 32.8 Å². The van der Waals surface area contributed by atoms with Gasteiger partial charge in [-0.2, -0.15) is 11.8 Å². The Morgan fingerprint density at radius 2 is 2.33 bits per heavy atom. The number of aliphatic carboxylic acids is 1. The second-order valence-electron chi connectivity index (χ2n) is 2.79. The minimum atomic E-state index is -0.996. The van der Waals surface area contributed by atoms with E-state index in [1.165, 1.54) is 18.0 Å². The second kappa shape index (κ2) is 5.89. The molecule has 0 saturated heterocycles. The van der Waals surface area contributed by atoms with E-state index in [1.807, 2.05) is 0 Å². The number of carboxylic acids is 1. The van der Waals surface area contributed by atoms with E-state index in [0.717, 1.165) is 5.69 Å². The molecule has 0 radical (unpaired) electrons. The molecule has 0 amide bonds. The fraction of sp³-hybridized carbons (Fsp3) is 0.375. The molecule has 1 heterocycles. The molecule has 0 bridgehead atoms. The van der Waals surface area contributed by atoms with Crippen molar-refractivity contribution in [1.82, 2.24) is 9.97 Å². The predicted molar refractivity (Wildman–Crippen MR) is 58.8 cm³/mol. The van der Waals surface area contributed by atoms with E-state index in [-0.39, 0.29) is 0 Å². The van der Waals surface area contributed by atoms with Crippen LogP contribution in [0.1, 0.15) is 5.69 Å². The molecule has 15 heavy (non-hydrogen) atoms. The first-order valence-corrected chi connectivity index (χ1v) is 5.65. The van der Waals surface area contributed by atoms with Gasteiger partial charge in [-0.05, 0) is 0 Å². The van der Waals surface area contributed by atoms with Crippen molar-refractivity contribution in [1.29, 1.82) is 0 Å². The van der Waals surface area contributed by atoms with E-state index in [0.29, 0.717) is 16.7 Å². The van der Waals surface area contributed by atoms with Crippen molar-refractivity contribution in [2.45, 2.75) is 11.8 Å². The Morgan fingerprint density at radius 1 is 1.60 bits per heavy atom. The highest BCUT2D eigenvalue weighted by Gasteiger charge is 2.10. The van der Waals surface area contributed by atoms with Crippen LogP contribution in [0, 0.1) is 0 Å². The van der Waals surface area contributed by atoms with Gasteiger partial charge < -0.3 is 10.8 Å². The van der Waals surface area contributed by atoms with Crippen LogP contribution in [0.25, 0.3) is 0 Å². The number of hydrogen-bond donors (Lipinski definition) is 2. The molecular weight excluding hydrogens is 238 g/mol. The Morgan fingerprint density at radius 3 is 2.87 bits per heavy atom. The largest absolute Gasteiger partial charge is 0.480 e. The standard InChI is InChI=1S/C8H10ClN3O2S/c9-7-2-11-5(1-12-7)3-15-4-6(10)8(13)14/h1-2,6H,3-4,10H2,(H,13,14)/t6-/m1/s1. The van der Waals surface area contributed by atoms with Gasteiger partial charge in [-0.3, -0.25) is 9.78 Å². The van der Waals surface area contributed by atoms with Crippen LogP contribution in [0.15, 0.2) is 12.4 Å². The first-order chi connectivity index (χ1) is 7.09. The molecule has 7 heteroatoms. The van der Waals surface area contributed by atoms with E-state index in [2.05, 4.69) is 9.97 Å². The van der Waals surface area contributed by atoms with Crippen molar-refractivity contribution >= 4 is 29.3 Å². The molecule has 3 N–H and O–H groups in total. The average molecular weight is 248 g/mol. The summed E-state index contributed by atoms with van der Waals surface area (Å²) in [4.78, 5) is 18.3. The van der Waals surface area contributed by atoms with Crippen LogP contribution in [0.4, 0.5) is 0 Å². The number of nitrogens with zero attached hydrogens (tertiary/aromatic N) is 2. The molecule has 5 nitrogen and oxygen atoms in total. The van der Waals surface area contributed by atoms with Gasteiger partial charge in [-0.1, -0.05) is 11.6 Å². The summed E-state index contributed by atoms with van der Waals surface area (Å²) in [5.74, 6) is -0.0742. The van der Waals surface area contributed by atoms with Crippen LogP contribution >= 0.6 is 23.4 Å².